The minimum Gasteiger partial charge on any atom is -0.482 e. The first-order valence-electron chi connectivity index (χ1n) is 9.21. The van der Waals surface area contributed by atoms with Crippen molar-refractivity contribution in [2.45, 2.75) is 19.8 Å². The van der Waals surface area contributed by atoms with Crippen LogP contribution in [0.1, 0.15) is 18.4 Å². The molecule has 7 heteroatoms. The van der Waals surface area contributed by atoms with Crippen LogP contribution < -0.4 is 15.0 Å². The van der Waals surface area contributed by atoms with Gasteiger partial charge in [-0.1, -0.05) is 22.0 Å². The summed E-state index contributed by atoms with van der Waals surface area (Å²) in [5.41, 5.74) is 2.86. The van der Waals surface area contributed by atoms with Crippen molar-refractivity contribution < 1.29 is 19.1 Å². The zero-order chi connectivity index (χ0) is 19.9. The van der Waals surface area contributed by atoms with Crippen LogP contribution in [0.4, 0.5) is 11.4 Å². The molecule has 0 bridgehead atoms. The van der Waals surface area contributed by atoms with Crippen molar-refractivity contribution in [3.05, 3.63) is 52.5 Å². The van der Waals surface area contributed by atoms with Gasteiger partial charge in [-0.3, -0.25) is 4.79 Å². The molecule has 0 aromatic heterocycles. The van der Waals surface area contributed by atoms with Crippen molar-refractivity contribution in [3.8, 4) is 5.75 Å². The standard InChI is InChI=1S/C21H23BrN2O4/c1-15-11-17(24-9-2-3-10-24)7-8-19(15)23-20(25)13-28-21(26)14-27-18-6-4-5-16(22)12-18/h4-8,11-12H,2-3,9-10,13-14H2,1H3,(H,23,25). The Morgan fingerprint density at radius 2 is 1.89 bits per heavy atom. The number of benzene rings is 2. The predicted molar refractivity (Wildman–Crippen MR) is 112 cm³/mol. The molecule has 1 fully saturated rings. The van der Waals surface area contributed by atoms with Crippen molar-refractivity contribution in [3.63, 3.8) is 0 Å². The highest BCUT2D eigenvalue weighted by molar-refractivity contribution is 9.10. The Bertz CT molecular complexity index is 850. The molecular weight excluding hydrogens is 424 g/mol. The molecule has 0 spiro atoms. The maximum Gasteiger partial charge on any atom is 0.344 e. The lowest BCUT2D eigenvalue weighted by Gasteiger charge is -2.19. The molecule has 0 saturated carbocycles. The zero-order valence-corrected chi connectivity index (χ0v) is 17.3. The Balaban J connectivity index is 1.44. The molecule has 1 saturated heterocycles. The lowest BCUT2D eigenvalue weighted by Crippen LogP contribution is -2.24. The number of hydrogen-bond donors (Lipinski definition) is 1. The molecule has 2 aromatic carbocycles. The van der Waals surface area contributed by atoms with Crippen molar-refractivity contribution in [1.82, 2.24) is 0 Å². The number of nitrogens with zero attached hydrogens (tertiary/aromatic N) is 1. The van der Waals surface area contributed by atoms with Crippen LogP contribution in [-0.2, 0) is 14.3 Å². The maximum atomic E-state index is 12.1. The van der Waals surface area contributed by atoms with Crippen LogP contribution in [0.25, 0.3) is 0 Å². The fourth-order valence-electron chi connectivity index (χ4n) is 3.03. The highest BCUT2D eigenvalue weighted by Crippen LogP contribution is 2.25. The molecule has 1 amide bonds. The summed E-state index contributed by atoms with van der Waals surface area (Å²) in [6.45, 7) is 3.49. The fourth-order valence-corrected chi connectivity index (χ4v) is 3.41. The highest BCUT2D eigenvalue weighted by Gasteiger charge is 2.14. The summed E-state index contributed by atoms with van der Waals surface area (Å²) < 4.78 is 11.2. The first-order valence-corrected chi connectivity index (χ1v) is 10.00. The van der Waals surface area contributed by atoms with Crippen LogP contribution in [0, 0.1) is 6.92 Å². The number of esters is 1. The molecule has 3 rings (SSSR count). The van der Waals surface area contributed by atoms with Crippen LogP contribution in [0.3, 0.4) is 0 Å². The molecule has 0 atom stereocenters. The van der Waals surface area contributed by atoms with Crippen LogP contribution in [0.15, 0.2) is 46.9 Å². The van der Waals surface area contributed by atoms with E-state index >= 15 is 0 Å². The third-order valence-electron chi connectivity index (χ3n) is 4.47. The number of amides is 1. The third-order valence-corrected chi connectivity index (χ3v) is 4.97. The molecule has 0 aliphatic carbocycles. The number of anilines is 2. The average Bonchev–Trinajstić information content (AvgIpc) is 3.21. The largest absolute Gasteiger partial charge is 0.482 e. The number of aryl methyl sites for hydroxylation is 1. The molecule has 0 unspecified atom stereocenters. The van der Waals surface area contributed by atoms with E-state index in [2.05, 4.69) is 32.2 Å². The minimum atomic E-state index is -0.601. The van der Waals surface area contributed by atoms with Gasteiger partial charge in [0.25, 0.3) is 5.91 Å². The fraction of sp³-hybridized carbons (Fsp3) is 0.333. The quantitative estimate of drug-likeness (QED) is 0.652. The summed E-state index contributed by atoms with van der Waals surface area (Å²) >= 11 is 3.33. The maximum absolute atomic E-state index is 12.1. The molecule has 28 heavy (non-hydrogen) atoms. The van der Waals surface area contributed by atoms with Gasteiger partial charge in [-0.15, -0.1) is 0 Å². The minimum absolute atomic E-state index is 0.257. The molecule has 0 radical (unpaired) electrons. The number of carbonyl (C=O) groups is 2. The number of ether oxygens (including phenoxy) is 2. The van der Waals surface area contributed by atoms with Gasteiger partial charge < -0.3 is 19.7 Å². The first kappa shape index (κ1) is 20.2. The van der Waals surface area contributed by atoms with E-state index in [1.165, 1.54) is 18.5 Å². The SMILES string of the molecule is Cc1cc(N2CCCC2)ccc1NC(=O)COC(=O)COc1cccc(Br)c1. The van der Waals surface area contributed by atoms with Gasteiger partial charge in [-0.05, 0) is 61.7 Å². The molecule has 6 nitrogen and oxygen atoms in total. The Morgan fingerprint density at radius 3 is 2.61 bits per heavy atom. The second-order valence-corrected chi connectivity index (χ2v) is 7.56. The van der Waals surface area contributed by atoms with Crippen molar-refractivity contribution in [1.29, 1.82) is 0 Å². The van der Waals surface area contributed by atoms with Crippen molar-refractivity contribution in [2.75, 3.05) is 36.5 Å². The summed E-state index contributed by atoms with van der Waals surface area (Å²) in [5.74, 6) is -0.437. The summed E-state index contributed by atoms with van der Waals surface area (Å²) in [7, 11) is 0. The lowest BCUT2D eigenvalue weighted by atomic mass is 10.1. The van der Waals surface area contributed by atoms with Gasteiger partial charge in [-0.2, -0.15) is 0 Å². The van der Waals surface area contributed by atoms with Gasteiger partial charge in [0.1, 0.15) is 5.75 Å². The van der Waals surface area contributed by atoms with Gasteiger partial charge in [0.2, 0.25) is 0 Å². The summed E-state index contributed by atoms with van der Waals surface area (Å²) in [6.07, 6.45) is 2.43. The molecule has 148 valence electrons. The Kier molecular flexibility index (Phi) is 6.92. The number of hydrogen-bond acceptors (Lipinski definition) is 5. The smallest absolute Gasteiger partial charge is 0.344 e. The van der Waals surface area contributed by atoms with E-state index in [1.54, 1.807) is 18.2 Å². The topological polar surface area (TPSA) is 67.9 Å². The van der Waals surface area contributed by atoms with E-state index in [-0.39, 0.29) is 19.1 Å². The van der Waals surface area contributed by atoms with Crippen LogP contribution in [-0.4, -0.2) is 38.2 Å². The predicted octanol–water partition coefficient (Wildman–Crippen LogP) is 3.92. The van der Waals surface area contributed by atoms with Crippen molar-refractivity contribution in [2.24, 2.45) is 0 Å². The Labute approximate surface area is 172 Å². The van der Waals surface area contributed by atoms with Gasteiger partial charge >= 0.3 is 5.97 Å². The van der Waals surface area contributed by atoms with E-state index in [0.29, 0.717) is 5.75 Å². The number of nitrogens with one attached hydrogen (secondary N) is 1. The van der Waals surface area contributed by atoms with Gasteiger partial charge in [0.15, 0.2) is 13.2 Å². The number of rotatable bonds is 7. The number of carbonyl (C=O) groups excluding carboxylic acids is 2. The van der Waals surface area contributed by atoms with Gasteiger partial charge in [0.05, 0.1) is 0 Å². The van der Waals surface area contributed by atoms with E-state index in [9.17, 15) is 9.59 Å². The van der Waals surface area contributed by atoms with Crippen LogP contribution in [0.5, 0.6) is 5.75 Å². The van der Waals surface area contributed by atoms with E-state index in [0.717, 1.165) is 28.8 Å². The lowest BCUT2D eigenvalue weighted by molar-refractivity contribution is -0.149. The highest BCUT2D eigenvalue weighted by atomic mass is 79.9. The normalized spacial score (nSPS) is 13.3. The average molecular weight is 447 g/mol. The number of halogens is 1. The van der Waals surface area contributed by atoms with E-state index in [1.807, 2.05) is 25.1 Å². The summed E-state index contributed by atoms with van der Waals surface area (Å²) in [5, 5.41) is 2.78. The van der Waals surface area contributed by atoms with Crippen molar-refractivity contribution >= 4 is 39.2 Å². The first-order chi connectivity index (χ1) is 13.5. The van der Waals surface area contributed by atoms with E-state index < -0.39 is 5.97 Å². The van der Waals surface area contributed by atoms with Gasteiger partial charge in [0, 0.05) is 28.9 Å². The van der Waals surface area contributed by atoms with Crippen LogP contribution >= 0.6 is 15.9 Å². The molecule has 1 heterocycles. The molecular formula is C21H23BrN2O4. The molecule has 2 aromatic rings. The van der Waals surface area contributed by atoms with E-state index in [4.69, 9.17) is 9.47 Å². The second kappa shape index (κ2) is 9.59. The zero-order valence-electron chi connectivity index (χ0n) is 15.7. The monoisotopic (exact) mass is 446 g/mol. The Hall–Kier alpha value is -2.54. The molecule has 1 aliphatic rings. The summed E-state index contributed by atoms with van der Waals surface area (Å²) in [6, 6.07) is 13.1. The summed E-state index contributed by atoms with van der Waals surface area (Å²) in [4.78, 5) is 26.2. The third kappa shape index (κ3) is 5.73. The molecule has 1 N–H and O–H groups in total. The van der Waals surface area contributed by atoms with Gasteiger partial charge in [-0.25, -0.2) is 4.79 Å². The molecule has 1 aliphatic heterocycles. The second-order valence-electron chi connectivity index (χ2n) is 6.65. The Morgan fingerprint density at radius 1 is 1.11 bits per heavy atom. The van der Waals surface area contributed by atoms with Crippen LogP contribution in [0.2, 0.25) is 0 Å².